The highest BCUT2D eigenvalue weighted by molar-refractivity contribution is 7.79. The second kappa shape index (κ2) is 11.9. The number of aromatic amines is 1. The van der Waals surface area contributed by atoms with Gasteiger partial charge in [0.2, 0.25) is 0 Å². The molecular formula is C36H28N3P. The number of hydrogen-bond acceptors (Lipinski definition) is 1. The van der Waals surface area contributed by atoms with Crippen molar-refractivity contribution in [2.24, 2.45) is 4.99 Å². The first-order valence-electron chi connectivity index (χ1n) is 13.2. The van der Waals surface area contributed by atoms with Crippen molar-refractivity contribution in [1.29, 1.82) is 5.41 Å². The summed E-state index contributed by atoms with van der Waals surface area (Å²) in [5, 5.41) is 12.7. The van der Waals surface area contributed by atoms with Gasteiger partial charge in [-0.1, -0.05) is 133 Å². The van der Waals surface area contributed by atoms with Crippen LogP contribution in [0.2, 0.25) is 0 Å². The van der Waals surface area contributed by atoms with Gasteiger partial charge in [-0.15, -0.1) is 0 Å². The highest BCUT2D eigenvalue weighted by Crippen LogP contribution is 2.34. The molecule has 0 bridgehead atoms. The van der Waals surface area contributed by atoms with Gasteiger partial charge < -0.3 is 4.98 Å². The zero-order valence-electron chi connectivity index (χ0n) is 21.9. The van der Waals surface area contributed by atoms with Crippen LogP contribution in [-0.4, -0.2) is 10.8 Å². The molecule has 3 nitrogen and oxygen atoms in total. The molecule has 0 amide bonds. The van der Waals surface area contributed by atoms with Crippen molar-refractivity contribution in [3.8, 4) is 22.3 Å². The third-order valence-electron chi connectivity index (χ3n) is 6.77. The van der Waals surface area contributed by atoms with Gasteiger partial charge in [-0.05, 0) is 58.7 Å². The van der Waals surface area contributed by atoms with Crippen LogP contribution in [0, 0.1) is 5.41 Å². The number of aromatic nitrogens is 1. The number of H-pyrrole nitrogens is 1. The van der Waals surface area contributed by atoms with Crippen molar-refractivity contribution in [2.45, 2.75) is 0 Å². The van der Waals surface area contributed by atoms with Crippen molar-refractivity contribution in [3.63, 3.8) is 0 Å². The van der Waals surface area contributed by atoms with Crippen molar-refractivity contribution in [3.05, 3.63) is 169 Å². The van der Waals surface area contributed by atoms with Gasteiger partial charge in [0.05, 0.1) is 0 Å². The minimum atomic E-state index is -0.673. The van der Waals surface area contributed by atoms with Gasteiger partial charge in [-0.25, -0.2) is 4.99 Å². The summed E-state index contributed by atoms with van der Waals surface area (Å²) in [7, 11) is -0.673. The maximum atomic E-state index is 8.70. The Morgan fingerprint density at radius 3 is 1.75 bits per heavy atom. The lowest BCUT2D eigenvalue weighted by atomic mass is 10.0. The van der Waals surface area contributed by atoms with E-state index in [4.69, 9.17) is 5.41 Å². The first-order valence-corrected chi connectivity index (χ1v) is 14.6. The van der Waals surface area contributed by atoms with Crippen LogP contribution < -0.4 is 21.4 Å². The van der Waals surface area contributed by atoms with Crippen LogP contribution >= 0.6 is 7.92 Å². The van der Waals surface area contributed by atoms with Crippen LogP contribution in [0.4, 0.5) is 0 Å². The Balaban J connectivity index is 1.30. The van der Waals surface area contributed by atoms with Crippen molar-refractivity contribution in [1.82, 2.24) is 4.98 Å². The third-order valence-corrected chi connectivity index (χ3v) is 9.19. The van der Waals surface area contributed by atoms with Gasteiger partial charge in [0, 0.05) is 17.3 Å². The molecule has 0 saturated carbocycles. The fourth-order valence-electron chi connectivity index (χ4n) is 4.79. The minimum absolute atomic E-state index is 0.219. The molecular weight excluding hydrogens is 505 g/mol. The molecule has 6 rings (SSSR count). The average Bonchev–Trinajstić information content (AvgIpc) is 3.03. The van der Waals surface area contributed by atoms with Gasteiger partial charge >= 0.3 is 0 Å². The number of nitrogens with one attached hydrogen (secondary N) is 2. The molecule has 4 heteroatoms. The summed E-state index contributed by atoms with van der Waals surface area (Å²) in [6.45, 7) is 0. The molecule has 5 aromatic carbocycles. The van der Waals surface area contributed by atoms with E-state index >= 15 is 0 Å². The lowest BCUT2D eigenvalue weighted by molar-refractivity contribution is 1.16. The van der Waals surface area contributed by atoms with Crippen LogP contribution in [0.15, 0.2) is 163 Å². The molecule has 0 aliphatic carbocycles. The summed E-state index contributed by atoms with van der Waals surface area (Å²) >= 11 is 0. The van der Waals surface area contributed by atoms with E-state index < -0.39 is 7.92 Å². The molecule has 6 aromatic rings. The maximum Gasteiger partial charge on any atom is 0.154 e. The van der Waals surface area contributed by atoms with Gasteiger partial charge in [0.1, 0.15) is 5.49 Å². The molecule has 0 unspecified atom stereocenters. The van der Waals surface area contributed by atoms with E-state index in [1.807, 2.05) is 48.7 Å². The van der Waals surface area contributed by atoms with E-state index in [2.05, 4.69) is 119 Å². The Kier molecular flexibility index (Phi) is 7.57. The topological polar surface area (TPSA) is 52.0 Å². The van der Waals surface area contributed by atoms with Crippen LogP contribution in [0.3, 0.4) is 0 Å². The number of amidine groups is 1. The number of nitrogens with zero attached hydrogens (tertiary/aromatic N) is 1. The normalized spacial score (nSPS) is 11.5. The van der Waals surface area contributed by atoms with Gasteiger partial charge in [0.25, 0.3) is 0 Å². The van der Waals surface area contributed by atoms with Crippen LogP contribution in [0.5, 0.6) is 0 Å². The predicted molar refractivity (Wildman–Crippen MR) is 169 cm³/mol. The summed E-state index contributed by atoms with van der Waals surface area (Å²) in [5.41, 5.74) is 5.75. The van der Waals surface area contributed by atoms with Crippen molar-refractivity contribution < 1.29 is 0 Å². The first-order chi connectivity index (χ1) is 19.8. The minimum Gasteiger partial charge on any atom is -0.346 e. The Morgan fingerprint density at radius 2 is 1.10 bits per heavy atom. The molecule has 192 valence electrons. The van der Waals surface area contributed by atoms with E-state index in [0.29, 0.717) is 5.49 Å². The van der Waals surface area contributed by atoms with Crippen molar-refractivity contribution >= 4 is 29.7 Å². The molecule has 40 heavy (non-hydrogen) atoms. The first kappa shape index (κ1) is 25.4. The quantitative estimate of drug-likeness (QED) is 0.131. The predicted octanol–water partition coefficient (Wildman–Crippen LogP) is 7.03. The second-order valence-electron chi connectivity index (χ2n) is 9.39. The highest BCUT2D eigenvalue weighted by Gasteiger charge is 2.16. The van der Waals surface area contributed by atoms with E-state index in [9.17, 15) is 0 Å². The smallest absolute Gasteiger partial charge is 0.154 e. The summed E-state index contributed by atoms with van der Waals surface area (Å²) < 4.78 is 0. The van der Waals surface area contributed by atoms with E-state index in [0.717, 1.165) is 27.8 Å². The standard InChI is InChI=1S/C36H28N3P/c37-35(39-36-34(20-11-25-38-36)28-12-4-1-5-13-28)29-23-21-27(22-24-29)30-14-10-19-33(26-30)40(31-15-6-2-7-16-31)32-17-8-3-9-18-32/h1-26H,(H2,37,38,39). The van der Waals surface area contributed by atoms with Crippen molar-refractivity contribution in [2.75, 3.05) is 0 Å². The second-order valence-corrected chi connectivity index (χ2v) is 11.6. The van der Waals surface area contributed by atoms with Crippen LogP contribution in [-0.2, 0) is 0 Å². The summed E-state index contributed by atoms with van der Waals surface area (Å²) in [5.74, 6) is 0.219. The molecule has 0 atom stereocenters. The van der Waals surface area contributed by atoms with Crippen LogP contribution in [0.1, 0.15) is 5.56 Å². The lowest BCUT2D eigenvalue weighted by Gasteiger charge is -2.20. The largest absolute Gasteiger partial charge is 0.346 e. The zero-order chi connectivity index (χ0) is 27.1. The lowest BCUT2D eigenvalue weighted by Crippen LogP contribution is -2.20. The summed E-state index contributed by atoms with van der Waals surface area (Å²) in [6.07, 6.45) is 1.84. The highest BCUT2D eigenvalue weighted by atomic mass is 31.1. The average molecular weight is 534 g/mol. The molecule has 2 N–H and O–H groups in total. The van der Waals surface area contributed by atoms with Crippen LogP contribution in [0.25, 0.3) is 22.3 Å². The Labute approximate surface area is 235 Å². The van der Waals surface area contributed by atoms with E-state index in [1.54, 1.807) is 0 Å². The summed E-state index contributed by atoms with van der Waals surface area (Å²) in [6, 6.07) is 52.6. The summed E-state index contributed by atoms with van der Waals surface area (Å²) in [4.78, 5) is 7.85. The molecule has 0 saturated heterocycles. The molecule has 0 fully saturated rings. The third kappa shape index (κ3) is 5.61. The molecule has 0 spiro atoms. The zero-order valence-corrected chi connectivity index (χ0v) is 22.8. The number of hydrogen-bond donors (Lipinski definition) is 2. The van der Waals surface area contributed by atoms with Gasteiger partial charge in [-0.3, -0.25) is 5.41 Å². The monoisotopic (exact) mass is 533 g/mol. The number of rotatable bonds is 6. The molecule has 0 radical (unpaired) electrons. The molecule has 1 heterocycles. The fraction of sp³-hybridized carbons (Fsp3) is 0. The maximum absolute atomic E-state index is 8.70. The fourth-order valence-corrected chi connectivity index (χ4v) is 7.13. The molecule has 0 aliphatic rings. The number of pyridine rings is 1. The molecule has 0 aliphatic heterocycles. The SMILES string of the molecule is N=C(N=c1[nH]cccc1-c1ccccc1)c1ccc(-c2cccc(P(c3ccccc3)c3ccccc3)c2)cc1. The number of benzene rings is 5. The molecule has 1 aromatic heterocycles. The van der Waals surface area contributed by atoms with Gasteiger partial charge in [-0.2, -0.15) is 0 Å². The Bertz CT molecular complexity index is 1750. The van der Waals surface area contributed by atoms with E-state index in [1.165, 1.54) is 15.9 Å². The van der Waals surface area contributed by atoms with E-state index in [-0.39, 0.29) is 5.84 Å². The van der Waals surface area contributed by atoms with Gasteiger partial charge in [0.15, 0.2) is 5.84 Å². The Morgan fingerprint density at radius 1 is 0.525 bits per heavy atom. The Hall–Kier alpha value is -4.85.